The van der Waals surface area contributed by atoms with Crippen molar-refractivity contribution in [3.8, 4) is 44.5 Å². The van der Waals surface area contributed by atoms with Gasteiger partial charge in [0.1, 0.15) is 118 Å². The molecule has 172 valence electrons. The molecule has 0 atom stereocenters. The molecule has 0 saturated carbocycles. The molecule has 4 aromatic carbocycles. The third-order valence-corrected chi connectivity index (χ3v) is 11.2. The van der Waals surface area contributed by atoms with E-state index in [0.29, 0.717) is 0 Å². The second-order valence-electron chi connectivity index (χ2n) is 12.6. The van der Waals surface area contributed by atoms with Crippen LogP contribution in [-0.4, -0.2) is 118 Å². The van der Waals surface area contributed by atoms with Crippen molar-refractivity contribution in [2.75, 3.05) is 0 Å². The summed E-state index contributed by atoms with van der Waals surface area (Å²) in [5.41, 5.74) is 32.7. The minimum absolute atomic E-state index is 1.38. The molecule has 1 aliphatic carbocycles. The van der Waals surface area contributed by atoms with Gasteiger partial charge in [0.2, 0.25) is 0 Å². The Hall–Kier alpha value is -2.15. The lowest BCUT2D eigenvalue weighted by atomic mass is 9.53. The molecule has 0 N–H and O–H groups in total. The fraction of sp³-hybridized carbons (Fsp3) is 0. The highest BCUT2D eigenvalue weighted by Gasteiger charge is 2.32. The lowest BCUT2D eigenvalue weighted by Gasteiger charge is -2.36. The topological polar surface area (TPSA) is 0 Å². The second-order valence-corrected chi connectivity index (χ2v) is 12.6. The van der Waals surface area contributed by atoms with Crippen LogP contribution in [0.15, 0.2) is 6.07 Å². The van der Waals surface area contributed by atoms with E-state index in [9.17, 15) is 0 Å². The van der Waals surface area contributed by atoms with E-state index in [1.807, 2.05) is 0 Å². The summed E-state index contributed by atoms with van der Waals surface area (Å²) in [7, 11) is 35.1. The number of benzene rings is 4. The molecular weight excluding hydrogens is 450 g/mol. The monoisotopic (exact) mass is 484 g/mol. The molecule has 0 aliphatic heterocycles. The summed E-state index contributed by atoms with van der Waals surface area (Å²) in [6, 6.07) is 2.50. The maximum atomic E-state index is 2.50. The molecule has 0 unspecified atom stereocenters. The van der Waals surface area contributed by atoms with Gasteiger partial charge in [0.05, 0.1) is 0 Å². The van der Waals surface area contributed by atoms with Gasteiger partial charge in [-0.1, -0.05) is 49.8 Å². The van der Waals surface area contributed by atoms with Crippen LogP contribution >= 0.6 is 0 Å². The van der Waals surface area contributed by atoms with E-state index in [0.717, 1.165) is 0 Å². The number of hydrogen-bond acceptors (Lipinski definition) is 0. The van der Waals surface area contributed by atoms with Crippen molar-refractivity contribution < 1.29 is 0 Å². The third kappa shape index (κ3) is 3.67. The Balaban J connectivity index is 2.29. The molecule has 1 aliphatic rings. The lowest BCUT2D eigenvalue weighted by Crippen LogP contribution is -2.55. The van der Waals surface area contributed by atoms with E-state index in [4.69, 9.17) is 0 Å². The summed E-state index contributed by atoms with van der Waals surface area (Å²) in [6.45, 7) is 0. The van der Waals surface area contributed by atoms with Gasteiger partial charge in [-0.2, -0.15) is 0 Å². The van der Waals surface area contributed by atoms with Gasteiger partial charge in [-0.05, 0) is 44.5 Å². The van der Waals surface area contributed by atoms with E-state index < -0.39 is 0 Å². The zero-order valence-electron chi connectivity index (χ0n) is 27.1. The van der Waals surface area contributed by atoms with Crippen molar-refractivity contribution >= 4 is 200 Å². The summed E-state index contributed by atoms with van der Waals surface area (Å²) in [5.74, 6) is 0. The van der Waals surface area contributed by atoms with Crippen LogP contribution in [0.2, 0.25) is 0 Å². The smallest absolute Gasteiger partial charge is 0.101 e. The highest BCUT2D eigenvalue weighted by Crippen LogP contribution is 2.41. The predicted molar refractivity (Wildman–Crippen MR) is 224 cm³/mol. The zero-order chi connectivity index (χ0) is 29.0. The molecule has 0 bridgehead atoms. The van der Waals surface area contributed by atoms with E-state index in [1.165, 1.54) is 126 Å². The van der Waals surface area contributed by atoms with Crippen LogP contribution in [0.25, 0.3) is 44.5 Å². The normalized spacial score (nSPS) is 11.6. The van der Waals surface area contributed by atoms with E-state index >= 15 is 0 Å². The molecule has 15 heteroatoms. The zero-order valence-corrected chi connectivity index (χ0v) is 27.1. The van der Waals surface area contributed by atoms with Crippen LogP contribution < -0.4 is 81.9 Å². The van der Waals surface area contributed by atoms with Crippen molar-refractivity contribution in [1.82, 2.24) is 0 Å². The predicted octanol–water partition coefficient (Wildman–Crippen LogP) is -19.5. The molecule has 5 rings (SSSR count). The molecule has 0 saturated heterocycles. The van der Waals surface area contributed by atoms with Gasteiger partial charge in [0.25, 0.3) is 0 Å². The van der Waals surface area contributed by atoms with Gasteiger partial charge in [-0.25, -0.2) is 0 Å². The molecular formula is C24H31B15. The van der Waals surface area contributed by atoms with Crippen LogP contribution in [0, 0.1) is 0 Å². The van der Waals surface area contributed by atoms with Crippen LogP contribution in [0.5, 0.6) is 0 Å². The quantitative estimate of drug-likeness (QED) is 0.193. The average Bonchev–Trinajstić information content (AvgIpc) is 2.90. The highest BCUT2D eigenvalue weighted by atomic mass is 14.3. The highest BCUT2D eigenvalue weighted by molar-refractivity contribution is 6.71. The van der Waals surface area contributed by atoms with Gasteiger partial charge in [0, 0.05) is 0 Å². The maximum Gasteiger partial charge on any atom is 0.139 e. The van der Waals surface area contributed by atoms with Gasteiger partial charge in [0.15, 0.2) is 0 Å². The summed E-state index contributed by atoms with van der Waals surface area (Å²) in [4.78, 5) is 0. The minimum Gasteiger partial charge on any atom is -0.101 e. The first-order chi connectivity index (χ1) is 18.1. The molecule has 0 nitrogen and oxygen atoms in total. The first-order valence-corrected chi connectivity index (χ1v) is 14.6. The Bertz CT molecular complexity index is 1790. The van der Waals surface area contributed by atoms with E-state index in [2.05, 4.69) is 124 Å². The molecule has 0 radical (unpaired) electrons. The number of fused-ring (bicyclic) bond motifs is 8. The van der Waals surface area contributed by atoms with E-state index in [-0.39, 0.29) is 0 Å². The maximum absolute atomic E-state index is 2.50. The molecule has 0 heterocycles. The van der Waals surface area contributed by atoms with Gasteiger partial charge >= 0.3 is 0 Å². The lowest BCUT2D eigenvalue weighted by molar-refractivity contribution is 1.66. The fourth-order valence-electron chi connectivity index (χ4n) is 7.44. The van der Waals surface area contributed by atoms with Crippen LogP contribution in [0.3, 0.4) is 0 Å². The SMILES string of the molecule is Bc1cc2c(c(B)c1B)-c1c(B)c(B)c(B)c(B)c1-c1c(B)c(B)c(B)c(B)c1-c1c(B)c(B)c(B)c(B)c1-2. The van der Waals surface area contributed by atoms with Crippen molar-refractivity contribution in [2.45, 2.75) is 0 Å². The molecule has 4 aromatic rings. The third-order valence-electron chi connectivity index (χ3n) is 11.2. The van der Waals surface area contributed by atoms with Crippen LogP contribution in [0.4, 0.5) is 0 Å². The fourth-order valence-corrected chi connectivity index (χ4v) is 7.44. The molecule has 0 spiro atoms. The van der Waals surface area contributed by atoms with Crippen molar-refractivity contribution in [3.63, 3.8) is 0 Å². The summed E-state index contributed by atoms with van der Waals surface area (Å²) >= 11 is 0. The Kier molecular flexibility index (Phi) is 6.89. The number of rotatable bonds is 0. The van der Waals surface area contributed by atoms with Crippen LogP contribution in [0.1, 0.15) is 0 Å². The minimum atomic E-state index is 1.38. The molecule has 39 heavy (non-hydrogen) atoms. The van der Waals surface area contributed by atoms with Gasteiger partial charge in [-0.3, -0.25) is 0 Å². The van der Waals surface area contributed by atoms with Crippen LogP contribution in [-0.2, 0) is 0 Å². The first kappa shape index (κ1) is 28.4. The Morgan fingerprint density at radius 2 is 0.462 bits per heavy atom. The van der Waals surface area contributed by atoms with Crippen molar-refractivity contribution in [2.24, 2.45) is 0 Å². The Morgan fingerprint density at radius 3 is 0.795 bits per heavy atom. The largest absolute Gasteiger partial charge is 0.139 e. The second kappa shape index (κ2) is 9.46. The standard InChI is InChI=1S/C24H31B15/c25-3-1-2-4(12(27)11(3)26)6-8(16(31)22(37)21(36)14(6)29)10-9(17(32)23(38)24(39)18(10)33)7-5(2)13(28)19(34)20(35)15(7)30/h1H,25-39H2. The summed E-state index contributed by atoms with van der Waals surface area (Å²) in [5, 5.41) is 0. The van der Waals surface area contributed by atoms with Gasteiger partial charge < -0.3 is 0 Å². The number of hydrogen-bond donors (Lipinski definition) is 0. The van der Waals surface area contributed by atoms with Crippen molar-refractivity contribution in [1.29, 1.82) is 0 Å². The first-order valence-electron chi connectivity index (χ1n) is 14.6. The molecule has 0 fully saturated rings. The molecule has 0 aromatic heterocycles. The Morgan fingerprint density at radius 1 is 0.231 bits per heavy atom. The molecule has 0 amide bonds. The summed E-state index contributed by atoms with van der Waals surface area (Å²) < 4.78 is 0. The van der Waals surface area contributed by atoms with E-state index in [1.54, 1.807) is 0 Å². The van der Waals surface area contributed by atoms with Gasteiger partial charge in [-0.15, -0.1) is 38.2 Å². The average molecular weight is 482 g/mol. The Labute approximate surface area is 249 Å². The summed E-state index contributed by atoms with van der Waals surface area (Å²) in [6.07, 6.45) is 0. The van der Waals surface area contributed by atoms with Crippen molar-refractivity contribution in [3.05, 3.63) is 6.07 Å².